The van der Waals surface area contributed by atoms with Gasteiger partial charge in [0, 0.05) is 6.04 Å². The fourth-order valence-electron chi connectivity index (χ4n) is 3.58. The summed E-state index contributed by atoms with van der Waals surface area (Å²) in [6, 6.07) is 0.264. The van der Waals surface area contributed by atoms with Gasteiger partial charge in [-0.2, -0.15) is 16.6 Å². The Kier molecular flexibility index (Phi) is 4.28. The molecule has 2 aliphatic heterocycles. The monoisotopic (exact) mass is 297 g/mol. The van der Waals surface area contributed by atoms with Gasteiger partial charge in [-0.25, -0.2) is 0 Å². The van der Waals surface area contributed by atoms with Crippen molar-refractivity contribution in [1.82, 2.24) is 25.1 Å². The van der Waals surface area contributed by atoms with Gasteiger partial charge in [0.2, 0.25) is 0 Å². The molecule has 112 valence electrons. The number of aliphatic hydroxyl groups is 1. The molecule has 0 saturated carbocycles. The highest BCUT2D eigenvalue weighted by Gasteiger charge is 2.44. The largest absolute Gasteiger partial charge is 0.386 e. The fraction of sp³-hybridized carbons (Fsp3) is 0.923. The molecular weight excluding hydrogens is 274 g/mol. The van der Waals surface area contributed by atoms with Crippen LogP contribution >= 0.6 is 11.8 Å². The highest BCUT2D eigenvalue weighted by atomic mass is 32.2. The van der Waals surface area contributed by atoms with Crippen LogP contribution < -0.4 is 0 Å². The predicted molar refractivity (Wildman–Crippen MR) is 78.4 cm³/mol. The summed E-state index contributed by atoms with van der Waals surface area (Å²) in [6.07, 6.45) is 7.48. The second-order valence-corrected chi connectivity index (χ2v) is 6.79. The standard InChI is InChI=1S/C13H23N5OS/c1-20-9-12-14-16-18(15-12)10-13(19)6-4-8-17-7-3-2-5-11(13)17/h11,19H,2-10H2,1H3/t11-,13-/m1/s1. The lowest BCUT2D eigenvalue weighted by Gasteiger charge is -2.49. The molecule has 0 bridgehead atoms. The number of fused-ring (bicyclic) bond motifs is 1. The van der Waals surface area contributed by atoms with Crippen molar-refractivity contribution in [3.05, 3.63) is 5.82 Å². The molecule has 2 aliphatic rings. The molecule has 1 aromatic heterocycles. The van der Waals surface area contributed by atoms with Crippen LogP contribution in [0.5, 0.6) is 0 Å². The molecule has 1 aromatic rings. The first-order valence-corrected chi connectivity index (χ1v) is 8.83. The maximum absolute atomic E-state index is 11.1. The zero-order valence-electron chi connectivity index (χ0n) is 12.0. The Morgan fingerprint density at radius 1 is 1.35 bits per heavy atom. The predicted octanol–water partition coefficient (Wildman–Crippen LogP) is 0.915. The Labute approximate surface area is 123 Å². The third-order valence-electron chi connectivity index (χ3n) is 4.47. The number of hydrogen-bond acceptors (Lipinski definition) is 6. The number of aromatic nitrogens is 4. The minimum absolute atomic E-state index is 0.264. The summed E-state index contributed by atoms with van der Waals surface area (Å²) >= 11 is 1.68. The Morgan fingerprint density at radius 3 is 3.05 bits per heavy atom. The highest BCUT2D eigenvalue weighted by molar-refractivity contribution is 7.97. The molecule has 0 aliphatic carbocycles. The van der Waals surface area contributed by atoms with Crippen molar-refractivity contribution in [2.45, 2.75) is 56.0 Å². The average Bonchev–Trinajstić information content (AvgIpc) is 2.87. The number of thioether (sulfide) groups is 1. The minimum Gasteiger partial charge on any atom is -0.386 e. The van der Waals surface area contributed by atoms with E-state index in [4.69, 9.17) is 0 Å². The molecule has 6 nitrogen and oxygen atoms in total. The molecule has 0 spiro atoms. The van der Waals surface area contributed by atoms with Crippen molar-refractivity contribution in [1.29, 1.82) is 0 Å². The van der Waals surface area contributed by atoms with Crippen LogP contribution in [0.3, 0.4) is 0 Å². The van der Waals surface area contributed by atoms with Crippen LogP contribution in [0, 0.1) is 0 Å². The van der Waals surface area contributed by atoms with Crippen molar-refractivity contribution in [3.8, 4) is 0 Å². The van der Waals surface area contributed by atoms with Crippen molar-refractivity contribution in [2.75, 3.05) is 19.3 Å². The quantitative estimate of drug-likeness (QED) is 0.891. The van der Waals surface area contributed by atoms with Crippen LogP contribution in [0.25, 0.3) is 0 Å². The molecule has 3 rings (SSSR count). The Bertz CT molecular complexity index is 452. The van der Waals surface area contributed by atoms with Gasteiger partial charge in [0.15, 0.2) is 5.82 Å². The zero-order valence-corrected chi connectivity index (χ0v) is 12.8. The first-order valence-electron chi connectivity index (χ1n) is 7.43. The molecule has 7 heteroatoms. The second kappa shape index (κ2) is 5.99. The average molecular weight is 297 g/mol. The summed E-state index contributed by atoms with van der Waals surface area (Å²) in [7, 11) is 0. The van der Waals surface area contributed by atoms with E-state index in [0.29, 0.717) is 6.54 Å². The molecule has 0 unspecified atom stereocenters. The Morgan fingerprint density at radius 2 is 2.20 bits per heavy atom. The first kappa shape index (κ1) is 14.3. The van der Waals surface area contributed by atoms with Crippen LogP contribution in [0.15, 0.2) is 0 Å². The van der Waals surface area contributed by atoms with E-state index < -0.39 is 5.60 Å². The summed E-state index contributed by atoms with van der Waals surface area (Å²) in [5.74, 6) is 1.52. The van der Waals surface area contributed by atoms with E-state index in [-0.39, 0.29) is 6.04 Å². The van der Waals surface area contributed by atoms with Crippen LogP contribution in [0.1, 0.15) is 37.9 Å². The molecule has 0 amide bonds. The van der Waals surface area contributed by atoms with Gasteiger partial charge in [-0.15, -0.1) is 10.2 Å². The molecule has 2 fully saturated rings. The lowest BCUT2D eigenvalue weighted by Crippen LogP contribution is -2.60. The van der Waals surface area contributed by atoms with Gasteiger partial charge in [0.1, 0.15) is 5.60 Å². The van der Waals surface area contributed by atoms with E-state index >= 15 is 0 Å². The maximum Gasteiger partial charge on any atom is 0.184 e. The third-order valence-corrected chi connectivity index (χ3v) is 5.02. The van der Waals surface area contributed by atoms with Gasteiger partial charge in [0.25, 0.3) is 0 Å². The molecule has 20 heavy (non-hydrogen) atoms. The Balaban J connectivity index is 1.72. The van der Waals surface area contributed by atoms with Gasteiger partial charge in [-0.1, -0.05) is 6.42 Å². The number of tetrazole rings is 1. The number of nitrogens with zero attached hydrogens (tertiary/aromatic N) is 5. The summed E-state index contributed by atoms with van der Waals surface area (Å²) in [6.45, 7) is 2.71. The molecule has 1 N–H and O–H groups in total. The number of piperidine rings is 2. The molecule has 2 atom stereocenters. The zero-order chi connectivity index (χ0) is 14.0. The van der Waals surface area contributed by atoms with E-state index in [2.05, 4.69) is 20.3 Å². The van der Waals surface area contributed by atoms with Crippen LogP contribution in [0.4, 0.5) is 0 Å². The van der Waals surface area contributed by atoms with Gasteiger partial charge in [-0.05, 0) is 50.2 Å². The highest BCUT2D eigenvalue weighted by Crippen LogP contribution is 2.34. The topological polar surface area (TPSA) is 67.1 Å². The molecule has 2 saturated heterocycles. The van der Waals surface area contributed by atoms with Crippen molar-refractivity contribution >= 4 is 11.8 Å². The van der Waals surface area contributed by atoms with Crippen molar-refractivity contribution in [2.24, 2.45) is 0 Å². The second-order valence-electron chi connectivity index (χ2n) is 5.92. The first-order chi connectivity index (χ1) is 9.71. The molecule has 3 heterocycles. The van der Waals surface area contributed by atoms with Gasteiger partial charge >= 0.3 is 0 Å². The van der Waals surface area contributed by atoms with E-state index in [9.17, 15) is 5.11 Å². The fourth-order valence-corrected chi connectivity index (χ4v) is 3.96. The van der Waals surface area contributed by atoms with E-state index in [0.717, 1.165) is 43.9 Å². The molecule has 0 aromatic carbocycles. The number of hydrogen-bond donors (Lipinski definition) is 1. The lowest BCUT2D eigenvalue weighted by atomic mass is 9.79. The smallest absolute Gasteiger partial charge is 0.184 e. The van der Waals surface area contributed by atoms with Gasteiger partial charge in [-0.3, -0.25) is 4.90 Å². The van der Waals surface area contributed by atoms with E-state index in [1.165, 1.54) is 12.8 Å². The molecular formula is C13H23N5OS. The summed E-state index contributed by atoms with van der Waals surface area (Å²) in [5, 5.41) is 23.6. The van der Waals surface area contributed by atoms with Crippen LogP contribution in [0.2, 0.25) is 0 Å². The maximum atomic E-state index is 11.1. The Hall–Kier alpha value is -0.660. The lowest BCUT2D eigenvalue weighted by molar-refractivity contribution is -0.107. The summed E-state index contributed by atoms with van der Waals surface area (Å²) in [5.41, 5.74) is -0.698. The van der Waals surface area contributed by atoms with Gasteiger partial charge in [0.05, 0.1) is 12.3 Å². The van der Waals surface area contributed by atoms with Crippen molar-refractivity contribution in [3.63, 3.8) is 0 Å². The van der Waals surface area contributed by atoms with E-state index in [1.54, 1.807) is 16.6 Å². The summed E-state index contributed by atoms with van der Waals surface area (Å²) in [4.78, 5) is 4.04. The normalized spacial score (nSPS) is 31.2. The van der Waals surface area contributed by atoms with Gasteiger partial charge < -0.3 is 5.11 Å². The SMILES string of the molecule is CSCc1nnn(C[C@]2(O)CCCN3CCCC[C@@H]32)n1. The van der Waals surface area contributed by atoms with Crippen molar-refractivity contribution < 1.29 is 5.11 Å². The molecule has 0 radical (unpaired) electrons. The van der Waals surface area contributed by atoms with Crippen LogP contribution in [-0.2, 0) is 12.3 Å². The minimum atomic E-state index is -0.698. The third kappa shape index (κ3) is 2.84. The summed E-state index contributed by atoms with van der Waals surface area (Å²) < 4.78 is 0. The van der Waals surface area contributed by atoms with E-state index in [1.807, 2.05) is 6.26 Å². The number of rotatable bonds is 4. The van der Waals surface area contributed by atoms with Crippen LogP contribution in [-0.4, -0.2) is 61.2 Å².